The molecular formula is C13H24N4O2. The van der Waals surface area contributed by atoms with Crippen molar-refractivity contribution in [1.29, 1.82) is 0 Å². The van der Waals surface area contributed by atoms with Crippen LogP contribution in [0.15, 0.2) is 5.16 Å². The Bertz CT molecular complexity index is 347. The van der Waals surface area contributed by atoms with Crippen LogP contribution < -0.4 is 5.73 Å². The summed E-state index contributed by atoms with van der Waals surface area (Å²) in [6.45, 7) is 6.44. The van der Waals surface area contributed by atoms with Crippen molar-refractivity contribution in [1.82, 2.24) is 9.80 Å². The summed E-state index contributed by atoms with van der Waals surface area (Å²) >= 11 is 0. The molecule has 0 aromatic carbocycles. The molecule has 1 aliphatic carbocycles. The Labute approximate surface area is 114 Å². The molecule has 1 heterocycles. The summed E-state index contributed by atoms with van der Waals surface area (Å²) in [4.78, 5) is 16.6. The number of nitrogens with two attached hydrogens (primary N) is 1. The van der Waals surface area contributed by atoms with Gasteiger partial charge in [-0.05, 0) is 25.2 Å². The molecule has 2 aliphatic rings. The number of oxime groups is 1. The number of piperazine rings is 1. The molecule has 1 atom stereocenters. The predicted octanol–water partition coefficient (Wildman–Crippen LogP) is 0.313. The van der Waals surface area contributed by atoms with Crippen molar-refractivity contribution < 1.29 is 10.0 Å². The van der Waals surface area contributed by atoms with Crippen LogP contribution in [0.5, 0.6) is 0 Å². The molecule has 108 valence electrons. The summed E-state index contributed by atoms with van der Waals surface area (Å²) in [5.41, 5.74) is 5.58. The van der Waals surface area contributed by atoms with Crippen LogP contribution in [0, 0.1) is 11.8 Å². The first-order chi connectivity index (χ1) is 9.15. The lowest BCUT2D eigenvalue weighted by molar-refractivity contribution is -0.135. The highest BCUT2D eigenvalue weighted by Gasteiger charge is 2.31. The van der Waals surface area contributed by atoms with Crippen LogP contribution in [-0.2, 0) is 4.79 Å². The van der Waals surface area contributed by atoms with E-state index < -0.39 is 5.92 Å². The Morgan fingerprint density at radius 3 is 2.47 bits per heavy atom. The van der Waals surface area contributed by atoms with E-state index in [0.29, 0.717) is 6.42 Å². The fraction of sp³-hybridized carbons (Fsp3) is 0.846. The van der Waals surface area contributed by atoms with Gasteiger partial charge in [0.25, 0.3) is 0 Å². The van der Waals surface area contributed by atoms with Gasteiger partial charge >= 0.3 is 0 Å². The molecule has 0 aromatic heterocycles. The summed E-state index contributed by atoms with van der Waals surface area (Å²) < 4.78 is 0. The van der Waals surface area contributed by atoms with Crippen LogP contribution in [0.25, 0.3) is 0 Å². The number of amides is 1. The summed E-state index contributed by atoms with van der Waals surface area (Å²) in [5, 5.41) is 11.7. The highest BCUT2D eigenvalue weighted by molar-refractivity contribution is 6.02. The van der Waals surface area contributed by atoms with E-state index in [1.165, 1.54) is 19.4 Å². The van der Waals surface area contributed by atoms with Gasteiger partial charge in [-0.25, -0.2) is 0 Å². The largest absolute Gasteiger partial charge is 0.409 e. The molecule has 6 heteroatoms. The normalized spacial score (nSPS) is 23.4. The lowest BCUT2D eigenvalue weighted by Crippen LogP contribution is -2.52. The zero-order valence-corrected chi connectivity index (χ0v) is 11.6. The Morgan fingerprint density at radius 2 is 2.00 bits per heavy atom. The van der Waals surface area contributed by atoms with Crippen LogP contribution in [0.4, 0.5) is 0 Å². The molecular weight excluding hydrogens is 244 g/mol. The number of nitrogens with zero attached hydrogens (tertiary/aromatic N) is 3. The Morgan fingerprint density at radius 1 is 1.37 bits per heavy atom. The van der Waals surface area contributed by atoms with Gasteiger partial charge in [-0.3, -0.25) is 9.69 Å². The third kappa shape index (κ3) is 3.59. The topological polar surface area (TPSA) is 82.2 Å². The number of carbonyl (C=O) groups excluding carboxylic acids is 1. The van der Waals surface area contributed by atoms with E-state index in [9.17, 15) is 4.79 Å². The molecule has 0 radical (unpaired) electrons. The Balaban J connectivity index is 1.83. The minimum absolute atomic E-state index is 0.0103. The SMILES string of the molecule is CCC(C(=O)N1CCN(CC2CC2)CC1)C(N)=NO. The average molecular weight is 268 g/mol. The van der Waals surface area contributed by atoms with E-state index in [0.717, 1.165) is 32.1 Å². The highest BCUT2D eigenvalue weighted by atomic mass is 16.4. The summed E-state index contributed by atoms with van der Waals surface area (Å²) in [6.07, 6.45) is 3.29. The molecule has 6 nitrogen and oxygen atoms in total. The lowest BCUT2D eigenvalue weighted by atomic mass is 10.0. The van der Waals surface area contributed by atoms with Crippen molar-refractivity contribution in [3.05, 3.63) is 0 Å². The van der Waals surface area contributed by atoms with Crippen molar-refractivity contribution in [2.75, 3.05) is 32.7 Å². The molecule has 2 rings (SSSR count). The third-order valence-corrected chi connectivity index (χ3v) is 4.08. The maximum atomic E-state index is 12.3. The predicted molar refractivity (Wildman–Crippen MR) is 72.9 cm³/mol. The second-order valence-electron chi connectivity index (χ2n) is 5.55. The van der Waals surface area contributed by atoms with Gasteiger partial charge in [-0.2, -0.15) is 0 Å². The first kappa shape index (κ1) is 14.1. The maximum Gasteiger partial charge on any atom is 0.233 e. The number of hydrogen-bond donors (Lipinski definition) is 2. The van der Waals surface area contributed by atoms with Gasteiger partial charge in [0.05, 0.1) is 5.92 Å². The van der Waals surface area contributed by atoms with E-state index in [2.05, 4.69) is 10.1 Å². The average Bonchev–Trinajstić information content (AvgIpc) is 3.24. The van der Waals surface area contributed by atoms with Gasteiger partial charge in [0.2, 0.25) is 5.91 Å². The molecule has 1 amide bonds. The fourth-order valence-electron chi connectivity index (χ4n) is 2.62. The first-order valence-corrected chi connectivity index (χ1v) is 7.14. The van der Waals surface area contributed by atoms with E-state index in [4.69, 9.17) is 10.9 Å². The molecule has 0 bridgehead atoms. The van der Waals surface area contributed by atoms with Crippen molar-refractivity contribution in [3.8, 4) is 0 Å². The second kappa shape index (κ2) is 6.23. The molecule has 1 saturated heterocycles. The summed E-state index contributed by atoms with van der Waals surface area (Å²) in [6, 6.07) is 0. The molecule has 0 spiro atoms. The maximum absolute atomic E-state index is 12.3. The third-order valence-electron chi connectivity index (χ3n) is 4.08. The van der Waals surface area contributed by atoms with Crippen molar-refractivity contribution in [2.24, 2.45) is 22.7 Å². The molecule has 1 aliphatic heterocycles. The van der Waals surface area contributed by atoms with Gasteiger partial charge in [0, 0.05) is 32.7 Å². The molecule has 1 saturated carbocycles. The van der Waals surface area contributed by atoms with E-state index in [-0.39, 0.29) is 11.7 Å². The van der Waals surface area contributed by atoms with Gasteiger partial charge in [-0.1, -0.05) is 12.1 Å². The van der Waals surface area contributed by atoms with E-state index in [1.54, 1.807) is 0 Å². The van der Waals surface area contributed by atoms with Gasteiger partial charge in [-0.15, -0.1) is 0 Å². The number of carbonyl (C=O) groups is 1. The van der Waals surface area contributed by atoms with Crippen molar-refractivity contribution in [3.63, 3.8) is 0 Å². The second-order valence-corrected chi connectivity index (χ2v) is 5.55. The molecule has 0 aromatic rings. The zero-order valence-electron chi connectivity index (χ0n) is 11.6. The van der Waals surface area contributed by atoms with Crippen LogP contribution in [0.1, 0.15) is 26.2 Å². The monoisotopic (exact) mass is 268 g/mol. The summed E-state index contributed by atoms with van der Waals surface area (Å²) in [5.74, 6) is 0.416. The van der Waals surface area contributed by atoms with Gasteiger partial charge < -0.3 is 15.8 Å². The molecule has 2 fully saturated rings. The summed E-state index contributed by atoms with van der Waals surface area (Å²) in [7, 11) is 0. The zero-order chi connectivity index (χ0) is 13.8. The smallest absolute Gasteiger partial charge is 0.233 e. The van der Waals surface area contributed by atoms with E-state index >= 15 is 0 Å². The molecule has 19 heavy (non-hydrogen) atoms. The van der Waals surface area contributed by atoms with Crippen LogP contribution >= 0.6 is 0 Å². The van der Waals surface area contributed by atoms with Crippen LogP contribution in [0.2, 0.25) is 0 Å². The van der Waals surface area contributed by atoms with Crippen LogP contribution in [-0.4, -0.2) is 59.5 Å². The molecule has 3 N–H and O–H groups in total. The Hall–Kier alpha value is -1.30. The Kier molecular flexibility index (Phi) is 4.63. The van der Waals surface area contributed by atoms with Crippen LogP contribution in [0.3, 0.4) is 0 Å². The fourth-order valence-corrected chi connectivity index (χ4v) is 2.62. The minimum atomic E-state index is -0.486. The standard InChI is InChI=1S/C13H24N4O2/c1-2-11(12(14)15-19)13(18)17-7-5-16(6-8-17)9-10-3-4-10/h10-11,19H,2-9H2,1H3,(H2,14,15). The molecule has 1 unspecified atom stereocenters. The number of amidine groups is 1. The minimum Gasteiger partial charge on any atom is -0.409 e. The van der Waals surface area contributed by atoms with Crippen molar-refractivity contribution >= 4 is 11.7 Å². The van der Waals surface area contributed by atoms with Crippen molar-refractivity contribution in [2.45, 2.75) is 26.2 Å². The van der Waals surface area contributed by atoms with E-state index in [1.807, 2.05) is 11.8 Å². The first-order valence-electron chi connectivity index (χ1n) is 7.14. The van der Waals surface area contributed by atoms with Gasteiger partial charge in [0.15, 0.2) is 5.84 Å². The number of rotatable bonds is 5. The number of hydrogen-bond acceptors (Lipinski definition) is 4. The van der Waals surface area contributed by atoms with Gasteiger partial charge in [0.1, 0.15) is 0 Å². The quantitative estimate of drug-likeness (QED) is 0.325. The highest BCUT2D eigenvalue weighted by Crippen LogP contribution is 2.30. The lowest BCUT2D eigenvalue weighted by Gasteiger charge is -2.36.